The lowest BCUT2D eigenvalue weighted by Crippen LogP contribution is -2.42. The minimum atomic E-state index is -0.274. The maximum Gasteiger partial charge on any atom is 0.337 e. The smallest absolute Gasteiger partial charge is 0.337 e. The lowest BCUT2D eigenvalue weighted by atomic mass is 9.97. The fourth-order valence-corrected chi connectivity index (χ4v) is 3.60. The van der Waals surface area contributed by atoms with Crippen LogP contribution in [0.3, 0.4) is 0 Å². The molecule has 21 heavy (non-hydrogen) atoms. The Kier molecular flexibility index (Phi) is 4.15. The van der Waals surface area contributed by atoms with Crippen LogP contribution in [0.1, 0.15) is 41.6 Å². The first kappa shape index (κ1) is 14.4. The predicted molar refractivity (Wildman–Crippen MR) is 83.8 cm³/mol. The molecule has 2 saturated heterocycles. The van der Waals surface area contributed by atoms with Gasteiger partial charge in [0.15, 0.2) is 0 Å². The Labute approximate surface area is 126 Å². The topological polar surface area (TPSA) is 41.6 Å². The zero-order valence-corrected chi connectivity index (χ0v) is 12.9. The van der Waals surface area contributed by atoms with Crippen LogP contribution in [0, 0.1) is 6.92 Å². The van der Waals surface area contributed by atoms with Crippen LogP contribution in [0.2, 0.25) is 0 Å². The van der Waals surface area contributed by atoms with E-state index in [4.69, 9.17) is 4.74 Å². The van der Waals surface area contributed by atoms with Gasteiger partial charge in [-0.3, -0.25) is 0 Å². The summed E-state index contributed by atoms with van der Waals surface area (Å²) in [7, 11) is 1.42. The van der Waals surface area contributed by atoms with Crippen molar-refractivity contribution in [2.24, 2.45) is 0 Å². The highest BCUT2D eigenvalue weighted by molar-refractivity contribution is 5.90. The summed E-state index contributed by atoms with van der Waals surface area (Å²) in [6.07, 6.45) is 5.06. The zero-order chi connectivity index (χ0) is 14.8. The Bertz CT molecular complexity index is 530. The molecule has 1 aromatic carbocycles. The minimum absolute atomic E-state index is 0.274. The van der Waals surface area contributed by atoms with Crippen LogP contribution in [0.4, 0.5) is 5.69 Å². The van der Waals surface area contributed by atoms with E-state index in [1.54, 1.807) is 0 Å². The maximum atomic E-state index is 11.7. The van der Waals surface area contributed by atoms with E-state index in [2.05, 4.69) is 17.1 Å². The van der Waals surface area contributed by atoms with Crippen molar-refractivity contribution in [2.45, 2.75) is 44.7 Å². The number of esters is 1. The molecule has 0 radical (unpaired) electrons. The first-order valence-corrected chi connectivity index (χ1v) is 7.87. The molecule has 0 saturated carbocycles. The minimum Gasteiger partial charge on any atom is -0.465 e. The Morgan fingerprint density at radius 2 is 2.19 bits per heavy atom. The average Bonchev–Trinajstić information content (AvgIpc) is 2.96. The molecule has 4 nitrogen and oxygen atoms in total. The SMILES string of the molecule is COC(=O)c1ccc(C)c(NC2CCN3CCCC3C2)c1. The highest BCUT2D eigenvalue weighted by Crippen LogP contribution is 2.29. The van der Waals surface area contributed by atoms with Gasteiger partial charge in [-0.2, -0.15) is 0 Å². The zero-order valence-electron chi connectivity index (χ0n) is 12.9. The molecule has 0 aromatic heterocycles. The van der Waals surface area contributed by atoms with Gasteiger partial charge < -0.3 is 15.0 Å². The fraction of sp³-hybridized carbons (Fsp3) is 0.588. The van der Waals surface area contributed by atoms with E-state index in [-0.39, 0.29) is 5.97 Å². The van der Waals surface area contributed by atoms with E-state index in [1.165, 1.54) is 51.4 Å². The van der Waals surface area contributed by atoms with Gasteiger partial charge in [0.2, 0.25) is 0 Å². The number of piperidine rings is 1. The van der Waals surface area contributed by atoms with Gasteiger partial charge in [0.05, 0.1) is 12.7 Å². The number of methoxy groups -OCH3 is 1. The lowest BCUT2D eigenvalue weighted by Gasteiger charge is -2.35. The molecule has 0 spiro atoms. The maximum absolute atomic E-state index is 11.7. The number of fused-ring (bicyclic) bond motifs is 1. The predicted octanol–water partition coefficient (Wildman–Crippen LogP) is 2.82. The molecular weight excluding hydrogens is 264 g/mol. The molecule has 2 unspecified atom stereocenters. The molecule has 1 N–H and O–H groups in total. The van der Waals surface area contributed by atoms with Gasteiger partial charge in [0, 0.05) is 24.3 Å². The van der Waals surface area contributed by atoms with Crippen molar-refractivity contribution >= 4 is 11.7 Å². The molecule has 114 valence electrons. The number of aryl methyl sites for hydroxylation is 1. The monoisotopic (exact) mass is 288 g/mol. The highest BCUT2D eigenvalue weighted by Gasteiger charge is 2.31. The van der Waals surface area contributed by atoms with E-state index >= 15 is 0 Å². The van der Waals surface area contributed by atoms with E-state index in [1.807, 2.05) is 18.2 Å². The number of rotatable bonds is 3. The van der Waals surface area contributed by atoms with Gasteiger partial charge >= 0.3 is 5.97 Å². The van der Waals surface area contributed by atoms with E-state index in [9.17, 15) is 4.79 Å². The molecule has 4 heteroatoms. The first-order valence-electron chi connectivity index (χ1n) is 7.87. The molecule has 2 heterocycles. The number of anilines is 1. The Hall–Kier alpha value is -1.55. The molecule has 0 amide bonds. The molecule has 2 aliphatic heterocycles. The van der Waals surface area contributed by atoms with Gasteiger partial charge in [-0.25, -0.2) is 4.79 Å². The van der Waals surface area contributed by atoms with Crippen molar-refractivity contribution < 1.29 is 9.53 Å². The van der Waals surface area contributed by atoms with Crippen LogP contribution in [0.25, 0.3) is 0 Å². The third-order valence-electron chi connectivity index (χ3n) is 4.84. The summed E-state index contributed by atoms with van der Waals surface area (Å²) in [5, 5.41) is 3.65. The van der Waals surface area contributed by atoms with Gasteiger partial charge in [0.1, 0.15) is 0 Å². The number of nitrogens with zero attached hydrogens (tertiary/aromatic N) is 1. The molecule has 2 atom stereocenters. The Morgan fingerprint density at radius 1 is 1.33 bits per heavy atom. The van der Waals surface area contributed by atoms with Crippen LogP contribution >= 0.6 is 0 Å². The van der Waals surface area contributed by atoms with Crippen LogP contribution in [0.5, 0.6) is 0 Å². The molecule has 1 aromatic rings. The molecule has 3 rings (SSSR count). The quantitative estimate of drug-likeness (QED) is 0.868. The Balaban J connectivity index is 1.70. The van der Waals surface area contributed by atoms with Gasteiger partial charge in [0.25, 0.3) is 0 Å². The summed E-state index contributed by atoms with van der Waals surface area (Å²) >= 11 is 0. The standard InChI is InChI=1S/C17H24N2O2/c1-12-5-6-13(17(20)21-2)10-16(12)18-14-7-9-19-8-3-4-15(19)11-14/h5-6,10,14-15,18H,3-4,7-9,11H2,1-2H3. The lowest BCUT2D eigenvalue weighted by molar-refractivity contribution is 0.0601. The number of benzene rings is 1. The molecule has 0 bridgehead atoms. The number of carbonyl (C=O) groups is 1. The van der Waals surface area contributed by atoms with E-state index in [0.29, 0.717) is 11.6 Å². The van der Waals surface area contributed by atoms with Crippen molar-refractivity contribution in [1.29, 1.82) is 0 Å². The van der Waals surface area contributed by atoms with Gasteiger partial charge in [-0.05, 0) is 56.8 Å². The van der Waals surface area contributed by atoms with Crippen LogP contribution in [-0.4, -0.2) is 43.2 Å². The number of nitrogens with one attached hydrogen (secondary N) is 1. The number of hydrogen-bond donors (Lipinski definition) is 1. The highest BCUT2D eigenvalue weighted by atomic mass is 16.5. The second-order valence-corrected chi connectivity index (χ2v) is 6.22. The third-order valence-corrected chi connectivity index (χ3v) is 4.84. The first-order chi connectivity index (χ1) is 10.2. The summed E-state index contributed by atoms with van der Waals surface area (Å²) in [5.74, 6) is -0.274. The number of carbonyl (C=O) groups excluding carboxylic acids is 1. The normalized spacial score (nSPS) is 25.4. The molecule has 2 fully saturated rings. The van der Waals surface area contributed by atoms with Crippen molar-refractivity contribution in [3.05, 3.63) is 29.3 Å². The van der Waals surface area contributed by atoms with Crippen molar-refractivity contribution in [3.63, 3.8) is 0 Å². The summed E-state index contributed by atoms with van der Waals surface area (Å²) in [6.45, 7) is 4.54. The van der Waals surface area contributed by atoms with Crippen LogP contribution < -0.4 is 5.32 Å². The number of hydrogen-bond acceptors (Lipinski definition) is 4. The van der Waals surface area contributed by atoms with E-state index < -0.39 is 0 Å². The van der Waals surface area contributed by atoms with Gasteiger partial charge in [-0.1, -0.05) is 6.07 Å². The van der Waals surface area contributed by atoms with Gasteiger partial charge in [-0.15, -0.1) is 0 Å². The number of ether oxygens (including phenoxy) is 1. The van der Waals surface area contributed by atoms with Crippen molar-refractivity contribution in [2.75, 3.05) is 25.5 Å². The third kappa shape index (κ3) is 3.05. The summed E-state index contributed by atoms with van der Waals surface area (Å²) in [6, 6.07) is 6.99. The molecule has 0 aliphatic carbocycles. The summed E-state index contributed by atoms with van der Waals surface area (Å²) in [5.41, 5.74) is 2.86. The molecular formula is C17H24N2O2. The van der Waals surface area contributed by atoms with Crippen LogP contribution in [0.15, 0.2) is 18.2 Å². The van der Waals surface area contributed by atoms with Crippen LogP contribution in [-0.2, 0) is 4.74 Å². The average molecular weight is 288 g/mol. The second-order valence-electron chi connectivity index (χ2n) is 6.22. The van der Waals surface area contributed by atoms with Crippen molar-refractivity contribution in [1.82, 2.24) is 4.90 Å². The molecule has 2 aliphatic rings. The summed E-state index contributed by atoms with van der Waals surface area (Å²) in [4.78, 5) is 14.3. The van der Waals surface area contributed by atoms with E-state index in [0.717, 1.165) is 11.7 Å². The summed E-state index contributed by atoms with van der Waals surface area (Å²) < 4.78 is 4.80. The second kappa shape index (κ2) is 6.06. The Morgan fingerprint density at radius 3 is 3.00 bits per heavy atom. The largest absolute Gasteiger partial charge is 0.465 e. The fourth-order valence-electron chi connectivity index (χ4n) is 3.60. The van der Waals surface area contributed by atoms with Crippen molar-refractivity contribution in [3.8, 4) is 0 Å².